The van der Waals surface area contributed by atoms with Gasteiger partial charge in [-0.2, -0.15) is 0 Å². The number of ether oxygens (including phenoxy) is 1. The van der Waals surface area contributed by atoms with Gasteiger partial charge in [0.1, 0.15) is 11.6 Å². The first kappa shape index (κ1) is 17.1. The maximum atomic E-state index is 12.1. The number of methoxy groups -OCH3 is 1. The van der Waals surface area contributed by atoms with Gasteiger partial charge in [-0.3, -0.25) is 4.79 Å². The molecule has 0 saturated carbocycles. The van der Waals surface area contributed by atoms with Crippen LogP contribution in [0.3, 0.4) is 0 Å². The molecule has 2 N–H and O–H groups in total. The first-order chi connectivity index (χ1) is 12.2. The van der Waals surface area contributed by atoms with Crippen molar-refractivity contribution >= 4 is 16.8 Å². The summed E-state index contributed by atoms with van der Waals surface area (Å²) >= 11 is 0. The lowest BCUT2D eigenvalue weighted by molar-refractivity contribution is -0.121. The van der Waals surface area contributed by atoms with E-state index in [2.05, 4.69) is 22.2 Å². The van der Waals surface area contributed by atoms with E-state index >= 15 is 0 Å². The highest BCUT2D eigenvalue weighted by molar-refractivity contribution is 5.84. The summed E-state index contributed by atoms with van der Waals surface area (Å²) in [6, 6.07) is 5.96. The van der Waals surface area contributed by atoms with Crippen molar-refractivity contribution in [2.45, 2.75) is 32.7 Å². The molecule has 0 unspecified atom stereocenters. The maximum Gasteiger partial charge on any atom is 0.221 e. The highest BCUT2D eigenvalue weighted by Gasteiger charge is 2.07. The van der Waals surface area contributed by atoms with Crippen molar-refractivity contribution in [3.8, 4) is 5.75 Å². The van der Waals surface area contributed by atoms with E-state index in [0.29, 0.717) is 19.5 Å². The second-order valence-corrected chi connectivity index (χ2v) is 5.97. The normalized spacial score (nSPS) is 11.0. The van der Waals surface area contributed by atoms with Crippen LogP contribution in [0.1, 0.15) is 24.7 Å². The fraction of sp³-hybridized carbons (Fsp3) is 0.368. The third-order valence-corrected chi connectivity index (χ3v) is 4.39. The van der Waals surface area contributed by atoms with E-state index < -0.39 is 0 Å². The third kappa shape index (κ3) is 4.02. The third-order valence-electron chi connectivity index (χ3n) is 4.39. The monoisotopic (exact) mass is 340 g/mol. The predicted octanol–water partition coefficient (Wildman–Crippen LogP) is 2.68. The second-order valence-electron chi connectivity index (χ2n) is 5.97. The average molecular weight is 340 g/mol. The lowest BCUT2D eigenvalue weighted by atomic mass is 10.1. The molecule has 6 nitrogen and oxygen atoms in total. The van der Waals surface area contributed by atoms with Crippen LogP contribution in [0.15, 0.2) is 36.8 Å². The van der Waals surface area contributed by atoms with Crippen molar-refractivity contribution in [1.82, 2.24) is 19.9 Å². The number of fused-ring (bicyclic) bond motifs is 1. The molecule has 0 aliphatic rings. The molecule has 0 radical (unpaired) electrons. The van der Waals surface area contributed by atoms with Gasteiger partial charge in [-0.15, -0.1) is 0 Å². The molecular weight excluding hydrogens is 316 g/mol. The molecule has 0 aliphatic carbocycles. The Labute approximate surface area is 147 Å². The summed E-state index contributed by atoms with van der Waals surface area (Å²) in [7, 11) is 1.66. The van der Waals surface area contributed by atoms with E-state index in [0.717, 1.165) is 35.3 Å². The van der Waals surface area contributed by atoms with Crippen molar-refractivity contribution in [3.63, 3.8) is 0 Å². The minimum atomic E-state index is 0.0631. The molecule has 0 fully saturated rings. The van der Waals surface area contributed by atoms with Gasteiger partial charge in [0.2, 0.25) is 5.91 Å². The Balaban J connectivity index is 1.50. The molecule has 0 atom stereocenters. The minimum Gasteiger partial charge on any atom is -0.497 e. The van der Waals surface area contributed by atoms with Crippen LogP contribution in [0.2, 0.25) is 0 Å². The summed E-state index contributed by atoms with van der Waals surface area (Å²) in [5, 5.41) is 4.13. The maximum absolute atomic E-state index is 12.1. The number of H-pyrrole nitrogens is 1. The van der Waals surface area contributed by atoms with Gasteiger partial charge in [0.25, 0.3) is 0 Å². The van der Waals surface area contributed by atoms with Crippen molar-refractivity contribution in [1.29, 1.82) is 0 Å². The van der Waals surface area contributed by atoms with Crippen LogP contribution in [-0.2, 0) is 24.2 Å². The van der Waals surface area contributed by atoms with Gasteiger partial charge >= 0.3 is 0 Å². The number of hydrogen-bond donors (Lipinski definition) is 2. The first-order valence-electron chi connectivity index (χ1n) is 8.62. The summed E-state index contributed by atoms with van der Waals surface area (Å²) in [6.07, 6.45) is 7.82. The molecule has 3 aromatic rings. The van der Waals surface area contributed by atoms with Crippen molar-refractivity contribution < 1.29 is 9.53 Å². The Kier molecular flexibility index (Phi) is 5.38. The largest absolute Gasteiger partial charge is 0.497 e. The number of nitrogens with zero attached hydrogens (tertiary/aromatic N) is 2. The lowest BCUT2D eigenvalue weighted by Gasteiger charge is -2.08. The van der Waals surface area contributed by atoms with E-state index in [1.54, 1.807) is 13.3 Å². The van der Waals surface area contributed by atoms with Crippen LogP contribution in [0.4, 0.5) is 0 Å². The Hall–Kier alpha value is -2.76. The van der Waals surface area contributed by atoms with Crippen LogP contribution in [0.25, 0.3) is 10.9 Å². The number of imidazole rings is 1. The summed E-state index contributed by atoms with van der Waals surface area (Å²) in [5.41, 5.74) is 2.26. The summed E-state index contributed by atoms with van der Waals surface area (Å²) < 4.78 is 7.32. The highest BCUT2D eigenvalue weighted by Crippen LogP contribution is 2.23. The highest BCUT2D eigenvalue weighted by atomic mass is 16.5. The van der Waals surface area contributed by atoms with Gasteiger partial charge in [0, 0.05) is 55.4 Å². The zero-order valence-electron chi connectivity index (χ0n) is 14.7. The van der Waals surface area contributed by atoms with E-state index in [1.807, 2.05) is 35.2 Å². The number of benzene rings is 1. The molecule has 0 bridgehead atoms. The van der Waals surface area contributed by atoms with E-state index in [9.17, 15) is 4.79 Å². The van der Waals surface area contributed by atoms with Crippen LogP contribution < -0.4 is 10.1 Å². The fourth-order valence-corrected chi connectivity index (χ4v) is 3.00. The molecule has 2 heterocycles. The molecule has 0 saturated heterocycles. The zero-order chi connectivity index (χ0) is 17.6. The number of aromatic nitrogens is 3. The Morgan fingerprint density at radius 2 is 2.28 bits per heavy atom. The van der Waals surface area contributed by atoms with Crippen molar-refractivity contribution in [2.75, 3.05) is 13.7 Å². The molecule has 1 amide bonds. The van der Waals surface area contributed by atoms with Gasteiger partial charge in [-0.25, -0.2) is 4.98 Å². The van der Waals surface area contributed by atoms with Gasteiger partial charge in [-0.05, 0) is 30.2 Å². The summed E-state index contributed by atoms with van der Waals surface area (Å²) in [5.74, 6) is 1.91. The Morgan fingerprint density at radius 3 is 3.08 bits per heavy atom. The van der Waals surface area contributed by atoms with Crippen molar-refractivity contribution in [2.24, 2.45) is 0 Å². The standard InChI is InChI=1S/C19H24N4O2/c1-3-18-20-9-11-23(18)10-7-19(24)21-8-6-14-13-22-17-5-4-15(25-2)12-16(14)17/h4-5,9,11-13,22H,3,6-8,10H2,1-2H3,(H,21,24). The molecule has 2 aromatic heterocycles. The van der Waals surface area contributed by atoms with Crippen molar-refractivity contribution in [3.05, 3.63) is 48.2 Å². The van der Waals surface area contributed by atoms with Crippen LogP contribution in [0, 0.1) is 0 Å². The van der Waals surface area contributed by atoms with Crippen LogP contribution in [-0.4, -0.2) is 34.1 Å². The predicted molar refractivity (Wildman–Crippen MR) is 97.8 cm³/mol. The molecule has 25 heavy (non-hydrogen) atoms. The molecule has 1 aromatic carbocycles. The summed E-state index contributed by atoms with van der Waals surface area (Å²) in [6.45, 7) is 3.35. The van der Waals surface area contributed by atoms with Gasteiger partial charge in [0.15, 0.2) is 0 Å². The lowest BCUT2D eigenvalue weighted by Crippen LogP contribution is -2.26. The average Bonchev–Trinajstić information content (AvgIpc) is 3.26. The number of aryl methyl sites for hydroxylation is 2. The van der Waals surface area contributed by atoms with E-state index in [4.69, 9.17) is 4.74 Å². The van der Waals surface area contributed by atoms with Crippen LogP contribution >= 0.6 is 0 Å². The number of rotatable bonds is 8. The number of nitrogens with one attached hydrogen (secondary N) is 2. The number of carbonyl (C=O) groups is 1. The molecule has 3 rings (SSSR count). The molecular formula is C19H24N4O2. The molecule has 6 heteroatoms. The van der Waals surface area contributed by atoms with Gasteiger partial charge in [0.05, 0.1) is 7.11 Å². The molecule has 0 spiro atoms. The second kappa shape index (κ2) is 7.88. The quantitative estimate of drug-likeness (QED) is 0.662. The van der Waals surface area contributed by atoms with E-state index in [1.165, 1.54) is 5.56 Å². The van der Waals surface area contributed by atoms with E-state index in [-0.39, 0.29) is 5.91 Å². The number of hydrogen-bond acceptors (Lipinski definition) is 3. The van der Waals surface area contributed by atoms with Gasteiger partial charge < -0.3 is 19.6 Å². The molecule has 132 valence electrons. The number of carbonyl (C=O) groups excluding carboxylic acids is 1. The topological polar surface area (TPSA) is 71.9 Å². The fourth-order valence-electron chi connectivity index (χ4n) is 3.00. The SMILES string of the molecule is CCc1nccn1CCC(=O)NCCc1c[nH]c2ccc(OC)cc12. The van der Waals surface area contributed by atoms with Crippen LogP contribution in [0.5, 0.6) is 5.75 Å². The summed E-state index contributed by atoms with van der Waals surface area (Å²) in [4.78, 5) is 19.6. The Morgan fingerprint density at radius 1 is 1.40 bits per heavy atom. The minimum absolute atomic E-state index is 0.0631. The molecule has 0 aliphatic heterocycles. The number of aromatic amines is 1. The smallest absolute Gasteiger partial charge is 0.221 e. The first-order valence-corrected chi connectivity index (χ1v) is 8.62. The Bertz CT molecular complexity index is 850. The zero-order valence-corrected chi connectivity index (χ0v) is 14.7. The van der Waals surface area contributed by atoms with Gasteiger partial charge in [-0.1, -0.05) is 6.92 Å². The number of amides is 1.